The molecule has 0 atom stereocenters. The first kappa shape index (κ1) is 13.3. The van der Waals surface area contributed by atoms with Crippen LogP contribution in [0.5, 0.6) is 0 Å². The monoisotopic (exact) mass is 314 g/mol. The molecule has 1 aliphatic rings. The van der Waals surface area contributed by atoms with Crippen molar-refractivity contribution in [2.24, 2.45) is 0 Å². The Morgan fingerprint density at radius 2 is 2.00 bits per heavy atom. The number of hydrogen-bond acceptors (Lipinski definition) is 1. The normalized spacial score (nSPS) is 15.6. The summed E-state index contributed by atoms with van der Waals surface area (Å²) in [6, 6.07) is 3.18. The van der Waals surface area contributed by atoms with E-state index >= 15 is 0 Å². The van der Waals surface area contributed by atoms with Crippen LogP contribution in [0.3, 0.4) is 0 Å². The van der Waals surface area contributed by atoms with Gasteiger partial charge in [-0.3, -0.25) is 0 Å². The first-order valence-corrected chi connectivity index (χ1v) is 6.89. The number of carbonyl (C=O) groups is 1. The zero-order chi connectivity index (χ0) is 13.1. The van der Waals surface area contributed by atoms with Crippen LogP contribution in [0.25, 0.3) is 0 Å². The molecule has 18 heavy (non-hydrogen) atoms. The summed E-state index contributed by atoms with van der Waals surface area (Å²) in [6.45, 7) is 3.22. The third-order valence-electron chi connectivity index (χ3n) is 3.22. The van der Waals surface area contributed by atoms with Gasteiger partial charge in [-0.25, -0.2) is 9.18 Å². The number of piperidine rings is 1. The van der Waals surface area contributed by atoms with E-state index in [0.717, 1.165) is 25.9 Å². The molecule has 0 aromatic heterocycles. The van der Waals surface area contributed by atoms with Gasteiger partial charge >= 0.3 is 6.03 Å². The average molecular weight is 315 g/mol. The largest absolute Gasteiger partial charge is 0.325 e. The molecule has 5 heteroatoms. The van der Waals surface area contributed by atoms with E-state index in [1.54, 1.807) is 24.0 Å². The van der Waals surface area contributed by atoms with E-state index in [1.165, 1.54) is 6.42 Å². The summed E-state index contributed by atoms with van der Waals surface area (Å²) in [6.07, 6.45) is 3.26. The van der Waals surface area contributed by atoms with E-state index in [4.69, 9.17) is 0 Å². The number of rotatable bonds is 1. The first-order valence-electron chi connectivity index (χ1n) is 6.10. The van der Waals surface area contributed by atoms with Gasteiger partial charge in [0, 0.05) is 24.3 Å². The predicted molar refractivity (Wildman–Crippen MR) is 73.3 cm³/mol. The summed E-state index contributed by atoms with van der Waals surface area (Å²) < 4.78 is 14.1. The van der Waals surface area contributed by atoms with Gasteiger partial charge in [0.05, 0.1) is 4.47 Å². The van der Waals surface area contributed by atoms with Crippen molar-refractivity contribution >= 4 is 27.6 Å². The molecule has 0 bridgehead atoms. The quantitative estimate of drug-likeness (QED) is 0.837. The van der Waals surface area contributed by atoms with Crippen LogP contribution in [-0.2, 0) is 0 Å². The number of urea groups is 1. The molecule has 0 saturated carbocycles. The number of hydrogen-bond donors (Lipinski definition) is 1. The number of benzene rings is 1. The first-order chi connectivity index (χ1) is 8.59. The van der Waals surface area contributed by atoms with Crippen molar-refractivity contribution in [1.29, 1.82) is 0 Å². The summed E-state index contributed by atoms with van der Waals surface area (Å²) >= 11 is 3.12. The molecule has 1 fully saturated rings. The second-order valence-corrected chi connectivity index (χ2v) is 5.37. The van der Waals surface area contributed by atoms with Crippen molar-refractivity contribution in [1.82, 2.24) is 4.90 Å². The fourth-order valence-electron chi connectivity index (χ4n) is 2.08. The number of nitrogens with one attached hydrogen (secondary N) is 1. The third kappa shape index (κ3) is 2.83. The fourth-order valence-corrected chi connectivity index (χ4v) is 2.51. The highest BCUT2D eigenvalue weighted by Gasteiger charge is 2.18. The topological polar surface area (TPSA) is 32.3 Å². The Bertz CT molecular complexity index is 459. The Balaban J connectivity index is 2.09. The molecule has 1 aromatic rings. The molecular formula is C13H16BrFN2O. The zero-order valence-corrected chi connectivity index (χ0v) is 11.9. The lowest BCUT2D eigenvalue weighted by atomic mass is 10.1. The summed E-state index contributed by atoms with van der Waals surface area (Å²) in [4.78, 5) is 13.8. The molecule has 0 unspecified atom stereocenters. The van der Waals surface area contributed by atoms with Gasteiger partial charge in [0.1, 0.15) is 5.82 Å². The lowest BCUT2D eigenvalue weighted by Gasteiger charge is -2.27. The number of likely N-dealkylation sites (tertiary alicyclic amines) is 1. The highest BCUT2D eigenvalue weighted by Crippen LogP contribution is 2.25. The maximum absolute atomic E-state index is 13.7. The molecule has 0 aliphatic carbocycles. The molecular weight excluding hydrogens is 299 g/mol. The van der Waals surface area contributed by atoms with Gasteiger partial charge in [0.2, 0.25) is 0 Å². The smallest absolute Gasteiger partial charge is 0.321 e. The molecule has 1 aliphatic heterocycles. The predicted octanol–water partition coefficient (Wildman–Crippen LogP) is 3.91. The standard InChI is InChI=1S/C13H16BrFN2O/c1-9-11(6-5-10(14)12(9)15)16-13(18)17-7-3-2-4-8-17/h5-6H,2-4,7-8H2,1H3,(H,16,18). The summed E-state index contributed by atoms with van der Waals surface area (Å²) in [7, 11) is 0. The van der Waals surface area contributed by atoms with Crippen molar-refractivity contribution in [3.05, 3.63) is 28.0 Å². The van der Waals surface area contributed by atoms with E-state index in [0.29, 0.717) is 15.7 Å². The second kappa shape index (κ2) is 5.69. The Morgan fingerprint density at radius 1 is 1.33 bits per heavy atom. The van der Waals surface area contributed by atoms with Crippen LogP contribution >= 0.6 is 15.9 Å². The molecule has 3 nitrogen and oxygen atoms in total. The van der Waals surface area contributed by atoms with Crippen LogP contribution in [-0.4, -0.2) is 24.0 Å². The fraction of sp³-hybridized carbons (Fsp3) is 0.462. The van der Waals surface area contributed by atoms with Gasteiger partial charge in [0.25, 0.3) is 0 Å². The van der Waals surface area contributed by atoms with Crippen molar-refractivity contribution in [2.75, 3.05) is 18.4 Å². The molecule has 2 amide bonds. The van der Waals surface area contributed by atoms with E-state index in [9.17, 15) is 9.18 Å². The van der Waals surface area contributed by atoms with Crippen molar-refractivity contribution in [3.63, 3.8) is 0 Å². The van der Waals surface area contributed by atoms with Crippen LogP contribution < -0.4 is 5.32 Å². The lowest BCUT2D eigenvalue weighted by Crippen LogP contribution is -2.38. The molecule has 2 rings (SSSR count). The van der Waals surface area contributed by atoms with Crippen LogP contribution in [0.1, 0.15) is 24.8 Å². The SMILES string of the molecule is Cc1c(NC(=O)N2CCCCC2)ccc(Br)c1F. The summed E-state index contributed by atoms with van der Waals surface area (Å²) in [5.74, 6) is -0.327. The number of nitrogens with zero attached hydrogens (tertiary/aromatic N) is 1. The van der Waals surface area contributed by atoms with E-state index < -0.39 is 0 Å². The van der Waals surface area contributed by atoms with Gasteiger partial charge in [-0.05, 0) is 54.2 Å². The van der Waals surface area contributed by atoms with Crippen LogP contribution in [0.4, 0.5) is 14.9 Å². The van der Waals surface area contributed by atoms with Gasteiger partial charge in [-0.15, -0.1) is 0 Å². The Kier molecular flexibility index (Phi) is 4.22. The molecule has 1 saturated heterocycles. The lowest BCUT2D eigenvalue weighted by molar-refractivity contribution is 0.200. The second-order valence-electron chi connectivity index (χ2n) is 4.51. The molecule has 1 N–H and O–H groups in total. The molecule has 1 heterocycles. The maximum atomic E-state index is 13.7. The van der Waals surface area contributed by atoms with Crippen molar-refractivity contribution in [3.8, 4) is 0 Å². The minimum absolute atomic E-state index is 0.139. The maximum Gasteiger partial charge on any atom is 0.321 e. The summed E-state index contributed by atoms with van der Waals surface area (Å²) in [5.41, 5.74) is 0.987. The van der Waals surface area contributed by atoms with Crippen LogP contribution in [0, 0.1) is 12.7 Å². The highest BCUT2D eigenvalue weighted by molar-refractivity contribution is 9.10. The molecule has 0 spiro atoms. The van der Waals surface area contributed by atoms with Crippen molar-refractivity contribution < 1.29 is 9.18 Å². The number of anilines is 1. The van der Waals surface area contributed by atoms with Crippen LogP contribution in [0.15, 0.2) is 16.6 Å². The minimum Gasteiger partial charge on any atom is -0.325 e. The Morgan fingerprint density at radius 3 is 2.67 bits per heavy atom. The van der Waals surface area contributed by atoms with E-state index in [-0.39, 0.29) is 11.8 Å². The third-order valence-corrected chi connectivity index (χ3v) is 3.84. The van der Waals surface area contributed by atoms with Gasteiger partial charge in [0.15, 0.2) is 0 Å². The minimum atomic E-state index is -0.327. The summed E-state index contributed by atoms with van der Waals surface area (Å²) in [5, 5.41) is 2.77. The Labute approximate surface area is 114 Å². The van der Waals surface area contributed by atoms with Gasteiger partial charge in [-0.1, -0.05) is 0 Å². The molecule has 98 valence electrons. The number of halogens is 2. The van der Waals surface area contributed by atoms with E-state index in [1.807, 2.05) is 0 Å². The van der Waals surface area contributed by atoms with Crippen molar-refractivity contribution in [2.45, 2.75) is 26.2 Å². The average Bonchev–Trinajstić information content (AvgIpc) is 2.40. The van der Waals surface area contributed by atoms with E-state index in [2.05, 4.69) is 21.2 Å². The molecule has 1 aromatic carbocycles. The molecule has 0 radical (unpaired) electrons. The van der Waals surface area contributed by atoms with Gasteiger partial charge in [-0.2, -0.15) is 0 Å². The number of carbonyl (C=O) groups excluding carboxylic acids is 1. The van der Waals surface area contributed by atoms with Crippen LogP contribution in [0.2, 0.25) is 0 Å². The number of amides is 2. The zero-order valence-electron chi connectivity index (χ0n) is 10.3. The van der Waals surface area contributed by atoms with Gasteiger partial charge < -0.3 is 10.2 Å². The Hall–Kier alpha value is -1.10. The highest BCUT2D eigenvalue weighted by atomic mass is 79.9.